The first-order chi connectivity index (χ1) is 8.81. The van der Waals surface area contributed by atoms with E-state index in [1.165, 1.54) is 16.7 Å². The summed E-state index contributed by atoms with van der Waals surface area (Å²) in [5, 5.41) is 0.0518. The van der Waals surface area contributed by atoms with E-state index < -0.39 is 10.0 Å². The maximum absolute atomic E-state index is 12.5. The summed E-state index contributed by atoms with van der Waals surface area (Å²) in [5.74, 6) is 0. The largest absolute Gasteiger partial charge is 0.246 e. The highest BCUT2D eigenvalue weighted by Crippen LogP contribution is 2.31. The van der Waals surface area contributed by atoms with E-state index in [9.17, 15) is 8.42 Å². The van der Waals surface area contributed by atoms with Gasteiger partial charge in [-0.25, -0.2) is 18.4 Å². The van der Waals surface area contributed by atoms with Gasteiger partial charge in [-0.15, -0.1) is 0 Å². The Labute approximate surface area is 119 Å². The zero-order valence-electron chi connectivity index (χ0n) is 11.1. The molecule has 0 bridgehead atoms. The summed E-state index contributed by atoms with van der Waals surface area (Å²) in [6.07, 6.45) is 5.30. The van der Waals surface area contributed by atoms with Crippen molar-refractivity contribution >= 4 is 21.6 Å². The van der Waals surface area contributed by atoms with Gasteiger partial charge in [0.25, 0.3) is 0 Å². The summed E-state index contributed by atoms with van der Waals surface area (Å²) in [6.45, 7) is 5.44. The number of hydrogen-bond donors (Lipinski definition) is 0. The first-order valence-electron chi connectivity index (χ1n) is 6.29. The molecule has 0 radical (unpaired) electrons. The van der Waals surface area contributed by atoms with E-state index in [1.807, 2.05) is 0 Å². The lowest BCUT2D eigenvalue weighted by molar-refractivity contribution is 0.315. The van der Waals surface area contributed by atoms with Crippen LogP contribution in [0.2, 0.25) is 5.28 Å². The Bertz CT molecular complexity index is 543. The van der Waals surface area contributed by atoms with Gasteiger partial charge in [0.2, 0.25) is 15.3 Å². The Morgan fingerprint density at radius 1 is 1.21 bits per heavy atom. The molecule has 0 atom stereocenters. The minimum atomic E-state index is -3.50. The third-order valence-electron chi connectivity index (χ3n) is 3.53. The lowest BCUT2D eigenvalue weighted by Crippen LogP contribution is -2.32. The highest BCUT2D eigenvalue weighted by molar-refractivity contribution is 7.89. The van der Waals surface area contributed by atoms with Crippen LogP contribution in [0.15, 0.2) is 17.3 Å². The molecule has 1 aliphatic heterocycles. The second-order valence-corrected chi connectivity index (χ2v) is 7.89. The molecule has 0 amide bonds. The maximum atomic E-state index is 12.5. The zero-order valence-corrected chi connectivity index (χ0v) is 12.7. The third kappa shape index (κ3) is 3.43. The molecule has 106 valence electrons. The molecule has 0 spiro atoms. The standard InChI is InChI=1S/C12H18ClN3O2S/c1-12(2)4-3-6-16(7-5-12)19(17,18)10-8-14-11(13)15-9-10/h8-9H,3-7H2,1-2H3. The Morgan fingerprint density at radius 3 is 2.47 bits per heavy atom. The van der Waals surface area contributed by atoms with Gasteiger partial charge in [-0.1, -0.05) is 13.8 Å². The SMILES string of the molecule is CC1(C)CCCN(S(=O)(=O)c2cnc(Cl)nc2)CC1. The summed E-state index contributed by atoms with van der Waals surface area (Å²) in [5.41, 5.74) is 0.195. The third-order valence-corrected chi connectivity index (χ3v) is 5.58. The molecule has 0 aliphatic carbocycles. The lowest BCUT2D eigenvalue weighted by atomic mass is 9.85. The van der Waals surface area contributed by atoms with Crippen molar-refractivity contribution in [1.82, 2.24) is 14.3 Å². The fraction of sp³-hybridized carbons (Fsp3) is 0.667. The van der Waals surface area contributed by atoms with E-state index in [1.54, 1.807) is 0 Å². The fourth-order valence-corrected chi connectivity index (χ4v) is 3.69. The number of halogens is 1. The van der Waals surface area contributed by atoms with Gasteiger partial charge in [-0.3, -0.25) is 0 Å². The number of aromatic nitrogens is 2. The van der Waals surface area contributed by atoms with Crippen molar-refractivity contribution in [3.05, 3.63) is 17.7 Å². The highest BCUT2D eigenvalue weighted by atomic mass is 35.5. The molecule has 19 heavy (non-hydrogen) atoms. The van der Waals surface area contributed by atoms with Gasteiger partial charge in [0.1, 0.15) is 4.90 Å². The molecule has 1 aromatic rings. The van der Waals surface area contributed by atoms with Crippen molar-refractivity contribution in [3.63, 3.8) is 0 Å². The summed E-state index contributed by atoms with van der Waals surface area (Å²) in [6, 6.07) is 0. The quantitative estimate of drug-likeness (QED) is 0.787. The average molecular weight is 304 g/mol. The van der Waals surface area contributed by atoms with Crippen LogP contribution in [0.25, 0.3) is 0 Å². The van der Waals surface area contributed by atoms with Crippen molar-refractivity contribution in [1.29, 1.82) is 0 Å². The molecule has 2 rings (SSSR count). The van der Waals surface area contributed by atoms with Gasteiger partial charge in [0.05, 0.1) is 12.4 Å². The predicted octanol–water partition coefficient (Wildman–Crippen LogP) is 2.33. The molecule has 1 fully saturated rings. The van der Waals surface area contributed by atoms with Gasteiger partial charge in [0, 0.05) is 13.1 Å². The molecule has 1 aliphatic rings. The van der Waals surface area contributed by atoms with Crippen LogP contribution >= 0.6 is 11.6 Å². The van der Waals surface area contributed by atoms with Gasteiger partial charge >= 0.3 is 0 Å². The van der Waals surface area contributed by atoms with Crippen LogP contribution in [0, 0.1) is 5.41 Å². The molecule has 0 saturated carbocycles. The van der Waals surface area contributed by atoms with E-state index in [4.69, 9.17) is 11.6 Å². The van der Waals surface area contributed by atoms with E-state index in [0.29, 0.717) is 13.1 Å². The number of nitrogens with zero attached hydrogens (tertiary/aromatic N) is 3. The smallest absolute Gasteiger partial charge is 0.225 e. The average Bonchev–Trinajstić information content (AvgIpc) is 2.51. The summed E-state index contributed by atoms with van der Waals surface area (Å²) in [4.78, 5) is 7.59. The molecular weight excluding hydrogens is 286 g/mol. The van der Waals surface area contributed by atoms with Crippen LogP contribution in [0.1, 0.15) is 33.1 Å². The summed E-state index contributed by atoms with van der Waals surface area (Å²) < 4.78 is 26.5. The first-order valence-corrected chi connectivity index (χ1v) is 8.11. The molecule has 1 saturated heterocycles. The van der Waals surface area contributed by atoms with Crippen molar-refractivity contribution < 1.29 is 8.42 Å². The highest BCUT2D eigenvalue weighted by Gasteiger charge is 2.30. The minimum Gasteiger partial charge on any atom is -0.225 e. The topological polar surface area (TPSA) is 63.2 Å². The maximum Gasteiger partial charge on any atom is 0.246 e. The number of hydrogen-bond acceptors (Lipinski definition) is 4. The zero-order chi connectivity index (χ0) is 14.1. The van der Waals surface area contributed by atoms with E-state index in [2.05, 4.69) is 23.8 Å². The van der Waals surface area contributed by atoms with Crippen molar-refractivity contribution in [2.45, 2.75) is 38.0 Å². The molecule has 1 aromatic heterocycles. The summed E-state index contributed by atoms with van der Waals surface area (Å²) >= 11 is 5.58. The van der Waals surface area contributed by atoms with Gasteiger partial charge in [0.15, 0.2) is 0 Å². The van der Waals surface area contributed by atoms with E-state index >= 15 is 0 Å². The second kappa shape index (κ2) is 5.34. The van der Waals surface area contributed by atoms with Crippen LogP contribution in [-0.2, 0) is 10.0 Å². The fourth-order valence-electron chi connectivity index (χ4n) is 2.22. The van der Waals surface area contributed by atoms with E-state index in [0.717, 1.165) is 19.3 Å². The molecule has 0 unspecified atom stereocenters. The van der Waals surface area contributed by atoms with Gasteiger partial charge in [-0.05, 0) is 36.3 Å². The molecule has 0 aromatic carbocycles. The molecule has 5 nitrogen and oxygen atoms in total. The molecule has 2 heterocycles. The van der Waals surface area contributed by atoms with Crippen LogP contribution < -0.4 is 0 Å². The van der Waals surface area contributed by atoms with Crippen molar-refractivity contribution in [3.8, 4) is 0 Å². The monoisotopic (exact) mass is 303 g/mol. The minimum absolute atomic E-state index is 0.0518. The molecular formula is C12H18ClN3O2S. The van der Waals surface area contributed by atoms with Crippen molar-refractivity contribution in [2.75, 3.05) is 13.1 Å². The Morgan fingerprint density at radius 2 is 1.84 bits per heavy atom. The summed E-state index contributed by atoms with van der Waals surface area (Å²) in [7, 11) is -3.50. The van der Waals surface area contributed by atoms with Crippen LogP contribution in [0.3, 0.4) is 0 Å². The Balaban J connectivity index is 2.22. The van der Waals surface area contributed by atoms with Gasteiger partial charge < -0.3 is 0 Å². The first kappa shape index (κ1) is 14.7. The molecule has 0 N–H and O–H groups in total. The molecule has 7 heteroatoms. The lowest BCUT2D eigenvalue weighted by Gasteiger charge is -2.22. The predicted molar refractivity (Wildman–Crippen MR) is 73.4 cm³/mol. The van der Waals surface area contributed by atoms with Crippen LogP contribution in [-0.4, -0.2) is 35.8 Å². The van der Waals surface area contributed by atoms with E-state index in [-0.39, 0.29) is 15.6 Å². The second-order valence-electron chi connectivity index (χ2n) is 5.61. The van der Waals surface area contributed by atoms with Crippen LogP contribution in [0.5, 0.6) is 0 Å². The van der Waals surface area contributed by atoms with Gasteiger partial charge in [-0.2, -0.15) is 4.31 Å². The van der Waals surface area contributed by atoms with Crippen molar-refractivity contribution in [2.24, 2.45) is 5.41 Å². The van der Waals surface area contributed by atoms with Crippen LogP contribution in [0.4, 0.5) is 0 Å². The number of rotatable bonds is 2. The normalized spacial score (nSPS) is 21.0. The Hall–Kier alpha value is -0.720. The Kier molecular flexibility index (Phi) is 4.13. The number of sulfonamides is 1.